The first-order valence-electron chi connectivity index (χ1n) is 5.67. The van der Waals surface area contributed by atoms with E-state index in [4.69, 9.17) is 4.74 Å². The largest absolute Gasteiger partial charge is 0.497 e. The molecule has 14 heavy (non-hydrogen) atoms. The highest BCUT2D eigenvalue weighted by Crippen LogP contribution is 2.15. The third-order valence-electron chi connectivity index (χ3n) is 2.58. The van der Waals surface area contributed by atoms with Crippen LogP contribution >= 0.6 is 0 Å². The van der Waals surface area contributed by atoms with Gasteiger partial charge in [0.1, 0.15) is 6.10 Å². The molecule has 0 amide bonds. The molecule has 2 heteroatoms. The van der Waals surface area contributed by atoms with E-state index in [1.165, 1.54) is 38.2 Å². The van der Waals surface area contributed by atoms with Crippen molar-refractivity contribution in [3.05, 3.63) is 12.3 Å². The van der Waals surface area contributed by atoms with E-state index >= 15 is 0 Å². The molecule has 0 N–H and O–H groups in total. The van der Waals surface area contributed by atoms with Gasteiger partial charge >= 0.3 is 0 Å². The Morgan fingerprint density at radius 3 is 2.86 bits per heavy atom. The number of allylic oxidation sites excluding steroid dienone is 1. The fourth-order valence-corrected chi connectivity index (χ4v) is 1.71. The molecule has 0 aromatic carbocycles. The number of hydrogen-bond acceptors (Lipinski definition) is 2. The quantitative estimate of drug-likeness (QED) is 0.610. The van der Waals surface area contributed by atoms with E-state index in [-0.39, 0.29) is 11.9 Å². The van der Waals surface area contributed by atoms with Crippen molar-refractivity contribution in [1.82, 2.24) is 0 Å². The van der Waals surface area contributed by atoms with Crippen LogP contribution in [0.25, 0.3) is 0 Å². The van der Waals surface area contributed by atoms with Gasteiger partial charge in [0.15, 0.2) is 5.78 Å². The van der Waals surface area contributed by atoms with Crippen molar-refractivity contribution in [1.29, 1.82) is 0 Å². The van der Waals surface area contributed by atoms with Gasteiger partial charge in [0.2, 0.25) is 0 Å². The van der Waals surface area contributed by atoms with Crippen molar-refractivity contribution in [3.63, 3.8) is 0 Å². The Balaban J connectivity index is 2.01. The van der Waals surface area contributed by atoms with Crippen molar-refractivity contribution >= 4 is 5.78 Å². The maximum Gasteiger partial charge on any atom is 0.162 e. The van der Waals surface area contributed by atoms with Crippen LogP contribution in [0.2, 0.25) is 0 Å². The Hall–Kier alpha value is -0.790. The van der Waals surface area contributed by atoms with Gasteiger partial charge in [-0.2, -0.15) is 0 Å². The smallest absolute Gasteiger partial charge is 0.162 e. The number of unbranched alkanes of at least 4 members (excludes halogenated alkanes) is 4. The zero-order chi connectivity index (χ0) is 10.2. The van der Waals surface area contributed by atoms with Gasteiger partial charge in [-0.1, -0.05) is 32.6 Å². The predicted molar refractivity (Wildman–Crippen MR) is 57.0 cm³/mol. The lowest BCUT2D eigenvalue weighted by Crippen LogP contribution is -2.18. The third kappa shape index (κ3) is 4.45. The topological polar surface area (TPSA) is 26.3 Å². The molecule has 1 aliphatic rings. The molecule has 0 saturated heterocycles. The summed E-state index contributed by atoms with van der Waals surface area (Å²) in [5.74, 6) is 0.204. The van der Waals surface area contributed by atoms with E-state index in [0.717, 1.165) is 6.42 Å². The summed E-state index contributed by atoms with van der Waals surface area (Å²) in [6.45, 7) is 2.22. The predicted octanol–water partition coefficient (Wildman–Crippen LogP) is 3.22. The Morgan fingerprint density at radius 1 is 1.36 bits per heavy atom. The van der Waals surface area contributed by atoms with Gasteiger partial charge in [0, 0.05) is 12.5 Å². The molecular formula is C12H20O2. The minimum absolute atomic E-state index is 0.147. The highest BCUT2D eigenvalue weighted by molar-refractivity contribution is 5.90. The summed E-state index contributed by atoms with van der Waals surface area (Å²) in [5, 5.41) is 0. The summed E-state index contributed by atoms with van der Waals surface area (Å²) in [6.07, 6.45) is 11.2. The van der Waals surface area contributed by atoms with E-state index < -0.39 is 0 Å². The molecule has 0 bridgehead atoms. The molecule has 0 saturated carbocycles. The molecular weight excluding hydrogens is 176 g/mol. The lowest BCUT2D eigenvalue weighted by atomic mass is 10.0. The first kappa shape index (κ1) is 11.3. The second kappa shape index (κ2) is 6.63. The number of ether oxygens (including phenoxy) is 1. The minimum Gasteiger partial charge on any atom is -0.497 e. The van der Waals surface area contributed by atoms with E-state index in [9.17, 15) is 4.79 Å². The fraction of sp³-hybridized carbons (Fsp3) is 0.750. The van der Waals surface area contributed by atoms with Crippen molar-refractivity contribution in [2.24, 2.45) is 0 Å². The molecule has 0 aromatic rings. The van der Waals surface area contributed by atoms with Gasteiger partial charge in [0.25, 0.3) is 0 Å². The first-order chi connectivity index (χ1) is 6.83. The highest BCUT2D eigenvalue weighted by atomic mass is 16.5. The van der Waals surface area contributed by atoms with Crippen LogP contribution in [0.5, 0.6) is 0 Å². The molecule has 0 fully saturated rings. The van der Waals surface area contributed by atoms with E-state index in [2.05, 4.69) is 6.92 Å². The Morgan fingerprint density at radius 2 is 2.14 bits per heavy atom. The standard InChI is InChI=1S/C12H20O2/c1-2-3-4-5-6-7-12-10-11(13)8-9-14-12/h8-9,12H,2-7,10H2,1H3/t12-/m1/s1. The van der Waals surface area contributed by atoms with E-state index in [1.54, 1.807) is 6.26 Å². The monoisotopic (exact) mass is 196 g/mol. The normalized spacial score (nSPS) is 20.9. The van der Waals surface area contributed by atoms with Gasteiger partial charge in [0.05, 0.1) is 6.26 Å². The molecule has 2 nitrogen and oxygen atoms in total. The maximum absolute atomic E-state index is 11.0. The zero-order valence-electron chi connectivity index (χ0n) is 9.00. The van der Waals surface area contributed by atoms with Gasteiger partial charge in [-0.05, 0) is 12.8 Å². The molecule has 1 rings (SSSR count). The summed E-state index contributed by atoms with van der Waals surface area (Å²) < 4.78 is 5.35. The van der Waals surface area contributed by atoms with Gasteiger partial charge in [-0.3, -0.25) is 4.79 Å². The Kier molecular flexibility index (Phi) is 5.35. The fourth-order valence-electron chi connectivity index (χ4n) is 1.71. The summed E-state index contributed by atoms with van der Waals surface area (Å²) in [5.41, 5.74) is 0. The van der Waals surface area contributed by atoms with Crippen LogP contribution in [0.4, 0.5) is 0 Å². The molecule has 1 aliphatic heterocycles. The average Bonchev–Trinajstić information content (AvgIpc) is 2.18. The second-order valence-corrected chi connectivity index (χ2v) is 3.93. The SMILES string of the molecule is CCCCCCC[C@@H]1CC(=O)C=CO1. The van der Waals surface area contributed by atoms with E-state index in [0.29, 0.717) is 6.42 Å². The molecule has 0 radical (unpaired) electrons. The molecule has 0 spiro atoms. The van der Waals surface area contributed by atoms with Gasteiger partial charge < -0.3 is 4.74 Å². The van der Waals surface area contributed by atoms with Crippen LogP contribution in [0.15, 0.2) is 12.3 Å². The van der Waals surface area contributed by atoms with Crippen LogP contribution in [-0.4, -0.2) is 11.9 Å². The van der Waals surface area contributed by atoms with Crippen molar-refractivity contribution in [3.8, 4) is 0 Å². The zero-order valence-corrected chi connectivity index (χ0v) is 9.00. The highest BCUT2D eigenvalue weighted by Gasteiger charge is 2.15. The van der Waals surface area contributed by atoms with Crippen molar-refractivity contribution in [2.75, 3.05) is 0 Å². The number of rotatable bonds is 6. The maximum atomic E-state index is 11.0. The van der Waals surface area contributed by atoms with Crippen LogP contribution in [0, 0.1) is 0 Å². The Bertz CT molecular complexity index is 196. The van der Waals surface area contributed by atoms with E-state index in [1.807, 2.05) is 0 Å². The lowest BCUT2D eigenvalue weighted by molar-refractivity contribution is -0.118. The van der Waals surface area contributed by atoms with Gasteiger partial charge in [-0.15, -0.1) is 0 Å². The molecule has 80 valence electrons. The van der Waals surface area contributed by atoms with Crippen molar-refractivity contribution in [2.45, 2.75) is 58.0 Å². The van der Waals surface area contributed by atoms with Crippen LogP contribution < -0.4 is 0 Å². The first-order valence-corrected chi connectivity index (χ1v) is 5.67. The second-order valence-electron chi connectivity index (χ2n) is 3.93. The number of hydrogen-bond donors (Lipinski definition) is 0. The lowest BCUT2D eigenvalue weighted by Gasteiger charge is -2.18. The number of carbonyl (C=O) groups is 1. The Labute approximate surface area is 86.3 Å². The minimum atomic E-state index is 0.147. The summed E-state index contributed by atoms with van der Waals surface area (Å²) in [6, 6.07) is 0. The molecule has 0 aliphatic carbocycles. The average molecular weight is 196 g/mol. The molecule has 0 aromatic heterocycles. The summed E-state index contributed by atoms with van der Waals surface area (Å²) in [4.78, 5) is 11.0. The summed E-state index contributed by atoms with van der Waals surface area (Å²) in [7, 11) is 0. The van der Waals surface area contributed by atoms with Gasteiger partial charge in [-0.25, -0.2) is 0 Å². The third-order valence-corrected chi connectivity index (χ3v) is 2.58. The van der Waals surface area contributed by atoms with Crippen LogP contribution in [0.1, 0.15) is 51.9 Å². The van der Waals surface area contributed by atoms with Crippen molar-refractivity contribution < 1.29 is 9.53 Å². The number of carbonyl (C=O) groups excluding carboxylic acids is 1. The molecule has 1 atom stereocenters. The summed E-state index contributed by atoms with van der Waals surface area (Å²) >= 11 is 0. The van der Waals surface area contributed by atoms with Crippen LogP contribution in [-0.2, 0) is 9.53 Å². The molecule has 0 unspecified atom stereocenters. The van der Waals surface area contributed by atoms with Crippen LogP contribution in [0.3, 0.4) is 0 Å². The number of ketones is 1. The molecule has 1 heterocycles.